The number of halogens is 1. The van der Waals surface area contributed by atoms with Crippen LogP contribution in [-0.4, -0.2) is 33.7 Å². The Morgan fingerprint density at radius 2 is 2.04 bits per heavy atom. The van der Waals surface area contributed by atoms with Crippen LogP contribution >= 0.6 is 11.8 Å². The van der Waals surface area contributed by atoms with E-state index in [1.807, 2.05) is 13.0 Å². The number of nitrogens with zero attached hydrogens (tertiary/aromatic N) is 2. The van der Waals surface area contributed by atoms with Crippen molar-refractivity contribution >= 4 is 23.5 Å². The summed E-state index contributed by atoms with van der Waals surface area (Å²) in [7, 11) is 1.49. The number of rotatable bonds is 3. The molecule has 3 aromatic rings. The summed E-state index contributed by atoms with van der Waals surface area (Å²) in [6.07, 6.45) is 0. The van der Waals surface area contributed by atoms with Gasteiger partial charge in [-0.3, -0.25) is 4.79 Å². The van der Waals surface area contributed by atoms with Gasteiger partial charge in [-0.25, -0.2) is 9.07 Å². The number of ether oxygens (including phenoxy) is 1. The van der Waals surface area contributed by atoms with Gasteiger partial charge in [0, 0.05) is 5.56 Å². The van der Waals surface area contributed by atoms with Crippen LogP contribution in [0.2, 0.25) is 0 Å². The number of aryl methyl sites for hydroxylation is 1. The van der Waals surface area contributed by atoms with Gasteiger partial charge in [0.05, 0.1) is 29.5 Å². The van der Waals surface area contributed by atoms with E-state index >= 15 is 0 Å². The number of methoxy groups -OCH3 is 1. The molecule has 1 amide bonds. The minimum absolute atomic E-state index is 0.0537. The highest BCUT2D eigenvalue weighted by atomic mass is 32.2. The van der Waals surface area contributed by atoms with E-state index in [0.717, 1.165) is 16.8 Å². The largest absolute Gasteiger partial charge is 0.504 e. The molecule has 6 nitrogen and oxygen atoms in total. The number of hydrogen-bond acceptors (Lipinski definition) is 5. The second-order valence-electron chi connectivity index (χ2n) is 6.41. The maximum atomic E-state index is 13.3. The van der Waals surface area contributed by atoms with Gasteiger partial charge in [-0.2, -0.15) is 5.10 Å². The lowest BCUT2D eigenvalue weighted by Crippen LogP contribution is -2.15. The first kappa shape index (κ1) is 18.4. The van der Waals surface area contributed by atoms with E-state index < -0.39 is 0 Å². The topological polar surface area (TPSA) is 76.4 Å². The van der Waals surface area contributed by atoms with E-state index in [4.69, 9.17) is 4.74 Å². The molecule has 1 aliphatic rings. The minimum atomic E-state index is -0.340. The molecule has 2 N–H and O–H groups in total. The number of carbonyl (C=O) groups excluding carboxylic acids is 1. The Morgan fingerprint density at radius 3 is 2.75 bits per heavy atom. The molecule has 0 saturated carbocycles. The number of hydrogen-bond donors (Lipinski definition) is 2. The van der Waals surface area contributed by atoms with Gasteiger partial charge in [0.2, 0.25) is 5.91 Å². The molecule has 28 heavy (non-hydrogen) atoms. The molecule has 8 heteroatoms. The normalized spacial score (nSPS) is 16.2. The van der Waals surface area contributed by atoms with Gasteiger partial charge in [0.15, 0.2) is 11.5 Å². The van der Waals surface area contributed by atoms with E-state index in [1.165, 1.54) is 31.0 Å². The Hall–Kier alpha value is -3.00. The van der Waals surface area contributed by atoms with Crippen LogP contribution in [0.5, 0.6) is 11.5 Å². The quantitative estimate of drug-likeness (QED) is 0.700. The van der Waals surface area contributed by atoms with Crippen molar-refractivity contribution in [3.8, 4) is 17.2 Å². The summed E-state index contributed by atoms with van der Waals surface area (Å²) in [5.74, 6) is 0.779. The van der Waals surface area contributed by atoms with Crippen molar-refractivity contribution in [3.05, 3.63) is 65.1 Å². The molecule has 0 spiro atoms. The van der Waals surface area contributed by atoms with Gasteiger partial charge < -0.3 is 15.2 Å². The van der Waals surface area contributed by atoms with Crippen LogP contribution in [0.15, 0.2) is 42.5 Å². The third-order valence-corrected chi connectivity index (χ3v) is 5.86. The number of phenolic OH excluding ortho intramolecular Hbond substituents is 1. The molecular weight excluding hydrogens is 381 g/mol. The predicted octanol–water partition coefficient (Wildman–Crippen LogP) is 3.81. The maximum Gasteiger partial charge on any atom is 0.235 e. The summed E-state index contributed by atoms with van der Waals surface area (Å²) >= 11 is 1.48. The van der Waals surface area contributed by atoms with Crippen molar-refractivity contribution in [1.82, 2.24) is 9.78 Å². The summed E-state index contributed by atoms with van der Waals surface area (Å²) in [6, 6.07) is 11.1. The standard InChI is InChI=1S/C20H18FN3O3S/c1-11-18-19(12-3-8-15(25)16(9-12)27-2)28-10-17(26)22-20(18)24(23-11)14-6-4-13(21)5-7-14/h3-9,19,25H,10H2,1-2H3,(H,22,26). The van der Waals surface area contributed by atoms with Crippen molar-refractivity contribution < 1.29 is 19.0 Å². The van der Waals surface area contributed by atoms with Crippen molar-refractivity contribution in [2.45, 2.75) is 12.2 Å². The van der Waals surface area contributed by atoms with Crippen LogP contribution in [0.1, 0.15) is 22.1 Å². The van der Waals surface area contributed by atoms with E-state index in [1.54, 1.807) is 28.9 Å². The van der Waals surface area contributed by atoms with Gasteiger partial charge in [0.1, 0.15) is 11.6 Å². The lowest BCUT2D eigenvalue weighted by atomic mass is 10.0. The number of amides is 1. The number of anilines is 1. The number of thioether (sulfide) groups is 1. The van der Waals surface area contributed by atoms with Crippen LogP contribution in [0.3, 0.4) is 0 Å². The third kappa shape index (κ3) is 3.20. The van der Waals surface area contributed by atoms with Crippen LogP contribution in [0.25, 0.3) is 5.69 Å². The number of aromatic hydroxyl groups is 1. The summed E-state index contributed by atoms with van der Waals surface area (Å²) in [4.78, 5) is 12.3. The fourth-order valence-corrected chi connectivity index (χ4v) is 4.45. The molecule has 4 rings (SSSR count). The van der Waals surface area contributed by atoms with Gasteiger partial charge in [-0.05, 0) is 48.9 Å². The average Bonchev–Trinajstić information content (AvgIpc) is 2.89. The molecule has 1 unspecified atom stereocenters. The lowest BCUT2D eigenvalue weighted by molar-refractivity contribution is -0.113. The van der Waals surface area contributed by atoms with Crippen LogP contribution in [0, 0.1) is 12.7 Å². The number of benzene rings is 2. The van der Waals surface area contributed by atoms with E-state index in [9.17, 15) is 14.3 Å². The first-order valence-corrected chi connectivity index (χ1v) is 9.66. The molecule has 2 heterocycles. The fourth-order valence-electron chi connectivity index (χ4n) is 3.27. The highest BCUT2D eigenvalue weighted by molar-refractivity contribution is 8.00. The summed E-state index contributed by atoms with van der Waals surface area (Å²) in [6.45, 7) is 1.88. The lowest BCUT2D eigenvalue weighted by Gasteiger charge is -2.16. The number of aromatic nitrogens is 2. The van der Waals surface area contributed by atoms with Gasteiger partial charge in [-0.1, -0.05) is 6.07 Å². The minimum Gasteiger partial charge on any atom is -0.504 e. The first-order valence-electron chi connectivity index (χ1n) is 8.61. The highest BCUT2D eigenvalue weighted by Crippen LogP contribution is 2.45. The second kappa shape index (κ2) is 7.20. The van der Waals surface area contributed by atoms with Gasteiger partial charge in [0.25, 0.3) is 0 Å². The molecule has 0 saturated heterocycles. The number of fused-ring (bicyclic) bond motifs is 1. The fraction of sp³-hybridized carbons (Fsp3) is 0.200. The van der Waals surface area contributed by atoms with E-state index in [0.29, 0.717) is 17.3 Å². The van der Waals surface area contributed by atoms with Crippen molar-refractivity contribution in [1.29, 1.82) is 0 Å². The van der Waals surface area contributed by atoms with Crippen LogP contribution in [0.4, 0.5) is 10.2 Å². The molecule has 144 valence electrons. The Morgan fingerprint density at radius 1 is 1.29 bits per heavy atom. The number of nitrogens with one attached hydrogen (secondary N) is 1. The summed E-state index contributed by atoms with van der Waals surface area (Å²) in [5, 5.41) is 17.2. The average molecular weight is 399 g/mol. The van der Waals surface area contributed by atoms with E-state index in [-0.39, 0.29) is 28.5 Å². The van der Waals surface area contributed by atoms with Gasteiger partial charge >= 0.3 is 0 Å². The Kier molecular flexibility index (Phi) is 4.72. The zero-order valence-electron chi connectivity index (χ0n) is 15.3. The molecule has 1 aromatic heterocycles. The number of carbonyl (C=O) groups is 1. The molecule has 1 atom stereocenters. The molecular formula is C20H18FN3O3S. The second-order valence-corrected chi connectivity index (χ2v) is 7.50. The molecule has 1 aliphatic heterocycles. The SMILES string of the molecule is COc1cc(C2SCC(=O)Nc3c2c(C)nn3-c2ccc(F)cc2)ccc1O. The Labute approximate surface area is 165 Å². The maximum absolute atomic E-state index is 13.3. The zero-order valence-corrected chi connectivity index (χ0v) is 16.1. The molecule has 0 radical (unpaired) electrons. The van der Waals surface area contributed by atoms with Crippen molar-refractivity contribution in [2.75, 3.05) is 18.2 Å². The summed E-state index contributed by atoms with van der Waals surface area (Å²) in [5.41, 5.74) is 3.16. The van der Waals surface area contributed by atoms with Gasteiger partial charge in [-0.15, -0.1) is 11.8 Å². The van der Waals surface area contributed by atoms with E-state index in [2.05, 4.69) is 10.4 Å². The monoisotopic (exact) mass is 399 g/mol. The zero-order chi connectivity index (χ0) is 19.8. The van der Waals surface area contributed by atoms with Crippen molar-refractivity contribution in [3.63, 3.8) is 0 Å². The third-order valence-electron chi connectivity index (χ3n) is 4.59. The number of phenols is 1. The highest BCUT2D eigenvalue weighted by Gasteiger charge is 2.31. The molecule has 0 bridgehead atoms. The predicted molar refractivity (Wildman–Crippen MR) is 106 cm³/mol. The summed E-state index contributed by atoms with van der Waals surface area (Å²) < 4.78 is 20.2. The molecule has 2 aromatic carbocycles. The molecule has 0 aliphatic carbocycles. The molecule has 0 fully saturated rings. The van der Waals surface area contributed by atoms with Crippen LogP contribution < -0.4 is 10.1 Å². The van der Waals surface area contributed by atoms with Crippen LogP contribution in [-0.2, 0) is 4.79 Å². The first-order chi connectivity index (χ1) is 13.5. The smallest absolute Gasteiger partial charge is 0.235 e. The van der Waals surface area contributed by atoms with Crippen molar-refractivity contribution in [2.24, 2.45) is 0 Å². The Balaban J connectivity index is 1.87. The Bertz CT molecular complexity index is 1050.